The Morgan fingerprint density at radius 2 is 1.60 bits per heavy atom. The van der Waals surface area contributed by atoms with Crippen molar-refractivity contribution in [3.05, 3.63) is 145 Å². The number of hydrogen-bond donors (Lipinski definition) is 3. The molecule has 0 heterocycles. The summed E-state index contributed by atoms with van der Waals surface area (Å²) in [6, 6.07) is 0. The predicted octanol–water partition coefficient (Wildman–Crippen LogP) is 9.95. The van der Waals surface area contributed by atoms with E-state index in [1.54, 1.807) is 0 Å². The van der Waals surface area contributed by atoms with Crippen molar-refractivity contribution < 1.29 is 0 Å². The van der Waals surface area contributed by atoms with Crippen LogP contribution in [0.2, 0.25) is 0 Å². The second kappa shape index (κ2) is 25.0. The lowest BCUT2D eigenvalue weighted by atomic mass is 9.87. The minimum atomic E-state index is 0.433. The second-order valence-electron chi connectivity index (χ2n) is 10.5. The zero-order valence-electron chi connectivity index (χ0n) is 27.7. The average Bonchev–Trinajstić information content (AvgIpc) is 2.98. The quantitative estimate of drug-likeness (QED) is 0.0690. The first kappa shape index (κ1) is 38.3. The first-order valence-corrected chi connectivity index (χ1v) is 15.4. The van der Waals surface area contributed by atoms with Crippen molar-refractivity contribution in [1.29, 1.82) is 0 Å². The van der Waals surface area contributed by atoms with E-state index in [0.29, 0.717) is 24.9 Å². The molecule has 0 aliphatic heterocycles. The SMILES string of the molecule is C=CCCC(=C)/C(=C/C(=C\C)NC/C=C\C=C/C)CNC(/C=C\C)=C/CN\C=C(CC(C=C)C(C)C)/C(C)=C/C=C\C. The minimum Gasteiger partial charge on any atom is -0.387 e. The third kappa shape index (κ3) is 17.9. The summed E-state index contributed by atoms with van der Waals surface area (Å²) in [6.45, 7) is 29.4. The highest BCUT2D eigenvalue weighted by molar-refractivity contribution is 5.38. The topological polar surface area (TPSA) is 36.1 Å². The molecule has 0 aromatic carbocycles. The Kier molecular flexibility index (Phi) is 22.8. The Labute approximate surface area is 259 Å². The molecule has 0 bridgehead atoms. The number of hydrogen-bond acceptors (Lipinski definition) is 3. The Morgan fingerprint density at radius 1 is 0.857 bits per heavy atom. The van der Waals surface area contributed by atoms with Crippen molar-refractivity contribution in [3.63, 3.8) is 0 Å². The Balaban J connectivity index is 5.78. The number of rotatable bonds is 22. The molecule has 0 amide bonds. The van der Waals surface area contributed by atoms with Crippen molar-refractivity contribution in [3.8, 4) is 0 Å². The molecule has 3 nitrogen and oxygen atoms in total. The van der Waals surface area contributed by atoms with E-state index in [-0.39, 0.29) is 0 Å². The zero-order chi connectivity index (χ0) is 31.6. The van der Waals surface area contributed by atoms with Crippen LogP contribution in [0.3, 0.4) is 0 Å². The average molecular weight is 570 g/mol. The van der Waals surface area contributed by atoms with Crippen LogP contribution < -0.4 is 16.0 Å². The molecule has 1 unspecified atom stereocenters. The molecule has 3 N–H and O–H groups in total. The van der Waals surface area contributed by atoms with Gasteiger partial charge in [0.2, 0.25) is 0 Å². The standard InChI is InChI=1S/C39H59N3/c1-11-17-20-21-26-41-38(16-6)29-37(34(10)24-19-13-3)31-42-39(22-14-4)25-27-40-30-36(33(9)23-18-12-2)28-35(15-5)32(7)8/h11-18,20-23,25,29-30,32,35,40-42H,3,5,10,19,24,26-28,31H2,1-2,4,6-9H3/b17-11-,18-12-,21-20-,22-14-,33-23+,36-30-,37-29+,38-16+,39-25+. The highest BCUT2D eigenvalue weighted by Crippen LogP contribution is 2.25. The molecule has 0 rings (SSSR count). The molecule has 0 spiro atoms. The van der Waals surface area contributed by atoms with Gasteiger partial charge in [-0.25, -0.2) is 0 Å². The Bertz CT molecular complexity index is 1080. The fraction of sp³-hybridized carbons (Fsp3) is 0.385. The molecular formula is C39H59N3. The molecule has 0 saturated carbocycles. The van der Waals surface area contributed by atoms with E-state index in [1.165, 1.54) is 16.7 Å². The Hall–Kier alpha value is -3.72. The van der Waals surface area contributed by atoms with Crippen LogP contribution in [0.1, 0.15) is 67.7 Å². The third-order valence-corrected chi connectivity index (χ3v) is 6.81. The molecular weight excluding hydrogens is 510 g/mol. The van der Waals surface area contributed by atoms with Crippen molar-refractivity contribution in [2.75, 3.05) is 19.6 Å². The van der Waals surface area contributed by atoms with E-state index in [1.807, 2.05) is 39.0 Å². The van der Waals surface area contributed by atoms with Gasteiger partial charge in [-0.3, -0.25) is 0 Å². The summed E-state index contributed by atoms with van der Waals surface area (Å²) in [5.41, 5.74) is 7.00. The summed E-state index contributed by atoms with van der Waals surface area (Å²) in [6.07, 6.45) is 34.2. The normalized spacial score (nSPS) is 14.9. The molecule has 0 radical (unpaired) electrons. The van der Waals surface area contributed by atoms with Gasteiger partial charge in [0.05, 0.1) is 0 Å². The number of allylic oxidation sites excluding steroid dienone is 14. The van der Waals surface area contributed by atoms with Gasteiger partial charge in [0.25, 0.3) is 0 Å². The fourth-order valence-electron chi connectivity index (χ4n) is 4.03. The minimum absolute atomic E-state index is 0.433. The van der Waals surface area contributed by atoms with E-state index in [4.69, 9.17) is 0 Å². The largest absolute Gasteiger partial charge is 0.387 e. The molecule has 230 valence electrons. The van der Waals surface area contributed by atoms with Gasteiger partial charge in [-0.1, -0.05) is 87.3 Å². The summed E-state index contributed by atoms with van der Waals surface area (Å²) in [5, 5.41) is 10.7. The van der Waals surface area contributed by atoms with Crippen LogP contribution in [-0.4, -0.2) is 19.6 Å². The van der Waals surface area contributed by atoms with Gasteiger partial charge in [0.15, 0.2) is 0 Å². The second-order valence-corrected chi connectivity index (χ2v) is 10.5. The first-order valence-electron chi connectivity index (χ1n) is 15.4. The molecule has 0 aromatic heterocycles. The summed E-state index contributed by atoms with van der Waals surface area (Å²) in [4.78, 5) is 0. The Morgan fingerprint density at radius 3 is 2.19 bits per heavy atom. The third-order valence-electron chi connectivity index (χ3n) is 6.81. The van der Waals surface area contributed by atoms with Gasteiger partial charge in [-0.05, 0) is 106 Å². The van der Waals surface area contributed by atoms with Gasteiger partial charge in [-0.15, -0.1) is 13.2 Å². The molecule has 0 aromatic rings. The van der Waals surface area contributed by atoms with Gasteiger partial charge >= 0.3 is 0 Å². The zero-order valence-corrected chi connectivity index (χ0v) is 27.7. The maximum atomic E-state index is 4.39. The fourth-order valence-corrected chi connectivity index (χ4v) is 4.03. The van der Waals surface area contributed by atoms with Crippen LogP contribution >= 0.6 is 0 Å². The van der Waals surface area contributed by atoms with Gasteiger partial charge in [0, 0.05) is 37.2 Å². The first-order chi connectivity index (χ1) is 20.3. The van der Waals surface area contributed by atoms with E-state index < -0.39 is 0 Å². The van der Waals surface area contributed by atoms with Crippen LogP contribution in [0.25, 0.3) is 0 Å². The van der Waals surface area contributed by atoms with Crippen LogP contribution in [0.4, 0.5) is 0 Å². The molecule has 0 aliphatic carbocycles. The molecule has 0 aliphatic rings. The van der Waals surface area contributed by atoms with Crippen molar-refractivity contribution in [2.45, 2.75) is 67.7 Å². The summed E-state index contributed by atoms with van der Waals surface area (Å²) < 4.78 is 0. The molecule has 0 saturated heterocycles. The molecule has 42 heavy (non-hydrogen) atoms. The lowest BCUT2D eigenvalue weighted by molar-refractivity contribution is 0.463. The van der Waals surface area contributed by atoms with Gasteiger partial charge in [-0.2, -0.15) is 0 Å². The van der Waals surface area contributed by atoms with Gasteiger partial charge in [0.1, 0.15) is 0 Å². The molecule has 3 heteroatoms. The number of nitrogens with one attached hydrogen (secondary N) is 3. The molecule has 0 fully saturated rings. The summed E-state index contributed by atoms with van der Waals surface area (Å²) in [5.74, 6) is 0.977. The lowest BCUT2D eigenvalue weighted by Crippen LogP contribution is -2.20. The van der Waals surface area contributed by atoms with Crippen LogP contribution in [-0.2, 0) is 0 Å². The van der Waals surface area contributed by atoms with Crippen LogP contribution in [0.15, 0.2) is 145 Å². The van der Waals surface area contributed by atoms with E-state index >= 15 is 0 Å². The monoisotopic (exact) mass is 569 g/mol. The summed E-state index contributed by atoms with van der Waals surface area (Å²) >= 11 is 0. The molecule has 1 atom stereocenters. The predicted molar refractivity (Wildman–Crippen MR) is 191 cm³/mol. The van der Waals surface area contributed by atoms with Crippen molar-refractivity contribution >= 4 is 0 Å². The maximum Gasteiger partial charge on any atom is 0.0403 e. The van der Waals surface area contributed by atoms with Gasteiger partial charge < -0.3 is 16.0 Å². The van der Waals surface area contributed by atoms with Crippen molar-refractivity contribution in [1.82, 2.24) is 16.0 Å². The van der Waals surface area contributed by atoms with Crippen LogP contribution in [0, 0.1) is 11.8 Å². The summed E-state index contributed by atoms with van der Waals surface area (Å²) in [7, 11) is 0. The van der Waals surface area contributed by atoms with Crippen LogP contribution in [0.5, 0.6) is 0 Å². The lowest BCUT2D eigenvalue weighted by Gasteiger charge is -2.19. The van der Waals surface area contributed by atoms with E-state index in [9.17, 15) is 0 Å². The van der Waals surface area contributed by atoms with E-state index in [0.717, 1.165) is 42.8 Å². The highest BCUT2D eigenvalue weighted by Gasteiger charge is 2.13. The van der Waals surface area contributed by atoms with Crippen molar-refractivity contribution in [2.24, 2.45) is 11.8 Å². The highest BCUT2D eigenvalue weighted by atomic mass is 14.9. The van der Waals surface area contributed by atoms with E-state index in [2.05, 4.69) is 136 Å². The maximum absolute atomic E-state index is 4.39. The smallest absolute Gasteiger partial charge is 0.0403 e.